The molecule has 0 spiro atoms. The molecule has 1 heterocycles. The summed E-state index contributed by atoms with van der Waals surface area (Å²) in [5.74, 6) is 0.498. The van der Waals surface area contributed by atoms with E-state index in [-0.39, 0.29) is 11.8 Å². The summed E-state index contributed by atoms with van der Waals surface area (Å²) in [6, 6.07) is 7.45. The molecule has 1 saturated carbocycles. The van der Waals surface area contributed by atoms with E-state index < -0.39 is 5.54 Å². The number of likely N-dealkylation sites (N-methyl/N-ethyl adjacent to an activating group) is 1. The van der Waals surface area contributed by atoms with Gasteiger partial charge in [0.15, 0.2) is 11.5 Å². The molecule has 2 aliphatic rings. The molecule has 1 aromatic carbocycles. The van der Waals surface area contributed by atoms with Gasteiger partial charge in [-0.3, -0.25) is 9.69 Å². The lowest BCUT2D eigenvalue weighted by atomic mass is 9.71. The van der Waals surface area contributed by atoms with Crippen LogP contribution in [-0.2, 0) is 10.3 Å². The molecule has 112 valence electrons. The number of carbonyl (C=O) groups is 1. The van der Waals surface area contributed by atoms with Gasteiger partial charge in [-0.2, -0.15) is 0 Å². The number of nitrogens with two attached hydrogens (primary N) is 1. The van der Waals surface area contributed by atoms with Crippen LogP contribution in [0.4, 0.5) is 0 Å². The van der Waals surface area contributed by atoms with E-state index in [2.05, 4.69) is 4.99 Å². The molecule has 1 fully saturated rings. The maximum absolute atomic E-state index is 12.9. The highest BCUT2D eigenvalue weighted by molar-refractivity contribution is 6.30. The highest BCUT2D eigenvalue weighted by Gasteiger charge is 2.53. The Morgan fingerprint density at radius 1 is 1.24 bits per heavy atom. The number of rotatable bonds is 2. The van der Waals surface area contributed by atoms with Crippen molar-refractivity contribution < 1.29 is 4.79 Å². The van der Waals surface area contributed by atoms with Crippen molar-refractivity contribution in [3.8, 4) is 0 Å². The summed E-state index contributed by atoms with van der Waals surface area (Å²) in [7, 11) is 1.70. The van der Waals surface area contributed by atoms with Crippen molar-refractivity contribution in [2.24, 2.45) is 16.6 Å². The third kappa shape index (κ3) is 2.22. The first-order chi connectivity index (χ1) is 10.1. The van der Waals surface area contributed by atoms with Crippen LogP contribution in [0.25, 0.3) is 0 Å². The van der Waals surface area contributed by atoms with Gasteiger partial charge >= 0.3 is 0 Å². The van der Waals surface area contributed by atoms with Crippen LogP contribution in [0.2, 0.25) is 5.02 Å². The molecule has 2 N–H and O–H groups in total. The average Bonchev–Trinajstić information content (AvgIpc) is 2.74. The molecule has 1 aliphatic heterocycles. The van der Waals surface area contributed by atoms with Gasteiger partial charge in [-0.05, 0) is 36.5 Å². The van der Waals surface area contributed by atoms with Crippen LogP contribution in [-0.4, -0.2) is 23.8 Å². The highest BCUT2D eigenvalue weighted by Crippen LogP contribution is 2.46. The van der Waals surface area contributed by atoms with E-state index >= 15 is 0 Å². The third-order valence-corrected chi connectivity index (χ3v) is 5.00. The molecule has 5 heteroatoms. The normalized spacial score (nSPS) is 27.0. The Morgan fingerprint density at radius 2 is 1.86 bits per heavy atom. The van der Waals surface area contributed by atoms with E-state index in [1.54, 1.807) is 7.05 Å². The van der Waals surface area contributed by atoms with Crippen molar-refractivity contribution in [3.63, 3.8) is 0 Å². The number of hydrogen-bond donors (Lipinski definition) is 1. The van der Waals surface area contributed by atoms with Crippen LogP contribution < -0.4 is 5.73 Å². The number of benzene rings is 1. The number of guanidine groups is 1. The van der Waals surface area contributed by atoms with E-state index in [1.165, 1.54) is 11.3 Å². The fraction of sp³-hybridized carbons (Fsp3) is 0.500. The Morgan fingerprint density at radius 3 is 2.38 bits per heavy atom. The second-order valence-electron chi connectivity index (χ2n) is 5.94. The molecule has 0 radical (unpaired) electrons. The molecule has 1 unspecified atom stereocenters. The molecule has 0 bridgehead atoms. The van der Waals surface area contributed by atoms with Crippen LogP contribution in [0.15, 0.2) is 29.3 Å². The number of halogens is 1. The molecule has 1 amide bonds. The first-order valence-electron chi connectivity index (χ1n) is 7.45. The molecule has 4 nitrogen and oxygen atoms in total. The van der Waals surface area contributed by atoms with E-state index in [4.69, 9.17) is 17.3 Å². The first-order valence-corrected chi connectivity index (χ1v) is 7.83. The first kappa shape index (κ1) is 14.4. The van der Waals surface area contributed by atoms with Crippen molar-refractivity contribution in [1.29, 1.82) is 0 Å². The van der Waals surface area contributed by atoms with Crippen LogP contribution in [0, 0.1) is 5.92 Å². The minimum Gasteiger partial charge on any atom is -0.369 e. The Bertz CT molecular complexity index is 578. The number of carbonyl (C=O) groups excluding carboxylic acids is 1. The van der Waals surface area contributed by atoms with Gasteiger partial charge in [-0.15, -0.1) is 0 Å². The Kier molecular flexibility index (Phi) is 3.66. The maximum Gasteiger partial charge on any atom is 0.261 e. The predicted octanol–water partition coefficient (Wildman–Crippen LogP) is 2.90. The van der Waals surface area contributed by atoms with Crippen LogP contribution in [0.5, 0.6) is 0 Å². The zero-order chi connectivity index (χ0) is 15.0. The van der Waals surface area contributed by atoms with Crippen LogP contribution in [0.1, 0.15) is 37.7 Å². The van der Waals surface area contributed by atoms with Crippen molar-refractivity contribution >= 4 is 23.5 Å². The van der Waals surface area contributed by atoms with Crippen molar-refractivity contribution in [2.75, 3.05) is 7.05 Å². The van der Waals surface area contributed by atoms with Gasteiger partial charge in [0.05, 0.1) is 0 Å². The molecule has 0 aromatic heterocycles. The molecular formula is C16H20ClN3O. The summed E-state index contributed by atoms with van der Waals surface area (Å²) in [5.41, 5.74) is 5.99. The summed E-state index contributed by atoms with van der Waals surface area (Å²) >= 11 is 5.99. The van der Waals surface area contributed by atoms with Crippen molar-refractivity contribution in [3.05, 3.63) is 34.9 Å². The minimum atomic E-state index is -0.857. The summed E-state index contributed by atoms with van der Waals surface area (Å²) in [4.78, 5) is 19.0. The highest BCUT2D eigenvalue weighted by atomic mass is 35.5. The Balaban J connectivity index is 2.11. The Hall–Kier alpha value is -1.55. The zero-order valence-electron chi connectivity index (χ0n) is 12.2. The SMILES string of the molecule is CN1C(=O)C(c2ccc(Cl)cc2)(C2CCCCC2)N=C1N. The standard InChI is InChI=1S/C16H20ClN3O/c1-20-14(21)16(19-15(20)18,11-5-3-2-4-6-11)12-7-9-13(17)10-8-12/h7-11H,2-6H2,1H3,(H2,18,19). The van der Waals surface area contributed by atoms with Gasteiger partial charge in [0.1, 0.15) is 0 Å². The van der Waals surface area contributed by atoms with E-state index in [1.807, 2.05) is 24.3 Å². The monoisotopic (exact) mass is 305 g/mol. The zero-order valence-corrected chi connectivity index (χ0v) is 12.9. The number of aliphatic imine (C=N–C) groups is 1. The van der Waals surface area contributed by atoms with Crippen LogP contribution >= 0.6 is 11.6 Å². The molecule has 1 aliphatic carbocycles. The number of nitrogens with zero attached hydrogens (tertiary/aromatic N) is 2. The Labute approximate surface area is 130 Å². The largest absolute Gasteiger partial charge is 0.369 e. The fourth-order valence-corrected chi connectivity index (χ4v) is 3.70. The lowest BCUT2D eigenvalue weighted by Crippen LogP contribution is -2.45. The number of amides is 1. The van der Waals surface area contributed by atoms with Crippen LogP contribution in [0.3, 0.4) is 0 Å². The number of hydrogen-bond acceptors (Lipinski definition) is 3. The minimum absolute atomic E-state index is 0.0192. The molecule has 1 atom stereocenters. The summed E-state index contributed by atoms with van der Waals surface area (Å²) in [5, 5.41) is 0.660. The second kappa shape index (κ2) is 5.34. The molecular weight excluding hydrogens is 286 g/mol. The van der Waals surface area contributed by atoms with E-state index in [0.717, 1.165) is 31.2 Å². The summed E-state index contributed by atoms with van der Waals surface area (Å²) in [6.45, 7) is 0. The van der Waals surface area contributed by atoms with Gasteiger partial charge in [-0.1, -0.05) is 43.0 Å². The second-order valence-corrected chi connectivity index (χ2v) is 6.38. The molecule has 1 aromatic rings. The van der Waals surface area contributed by atoms with Gasteiger partial charge in [0.2, 0.25) is 0 Å². The summed E-state index contributed by atoms with van der Waals surface area (Å²) < 4.78 is 0. The van der Waals surface area contributed by atoms with Crippen molar-refractivity contribution in [1.82, 2.24) is 4.90 Å². The smallest absolute Gasteiger partial charge is 0.261 e. The summed E-state index contributed by atoms with van der Waals surface area (Å²) in [6.07, 6.45) is 5.55. The predicted molar refractivity (Wildman–Crippen MR) is 84.1 cm³/mol. The van der Waals surface area contributed by atoms with Gasteiger partial charge in [-0.25, -0.2) is 4.99 Å². The quantitative estimate of drug-likeness (QED) is 0.913. The fourth-order valence-electron chi connectivity index (χ4n) is 3.58. The molecule has 21 heavy (non-hydrogen) atoms. The lowest BCUT2D eigenvalue weighted by molar-refractivity contribution is -0.133. The molecule has 0 saturated heterocycles. The van der Waals surface area contributed by atoms with Gasteiger partial charge < -0.3 is 5.73 Å². The van der Waals surface area contributed by atoms with Gasteiger partial charge in [0.25, 0.3) is 5.91 Å². The lowest BCUT2D eigenvalue weighted by Gasteiger charge is -2.36. The maximum atomic E-state index is 12.9. The average molecular weight is 306 g/mol. The third-order valence-electron chi connectivity index (χ3n) is 4.75. The van der Waals surface area contributed by atoms with E-state index in [9.17, 15) is 4.79 Å². The molecule has 3 rings (SSSR count). The van der Waals surface area contributed by atoms with Crippen molar-refractivity contribution in [2.45, 2.75) is 37.6 Å². The topological polar surface area (TPSA) is 58.7 Å². The van der Waals surface area contributed by atoms with E-state index in [0.29, 0.717) is 11.0 Å². The van der Waals surface area contributed by atoms with Gasteiger partial charge in [0, 0.05) is 12.1 Å².